The molecule has 3 N–H and O–H groups in total. The molecule has 0 amide bonds. The fourth-order valence-electron chi connectivity index (χ4n) is 2.56. The van der Waals surface area contributed by atoms with Gasteiger partial charge in [0.15, 0.2) is 0 Å². The maximum absolute atomic E-state index is 9.33. The lowest BCUT2D eigenvalue weighted by molar-refractivity contribution is 0.152. The highest BCUT2D eigenvalue weighted by Crippen LogP contribution is 2.24. The van der Waals surface area contributed by atoms with Crippen molar-refractivity contribution in [3.05, 3.63) is 11.9 Å². The van der Waals surface area contributed by atoms with Crippen molar-refractivity contribution in [2.75, 3.05) is 13.2 Å². The Labute approximate surface area is 107 Å². The first kappa shape index (κ1) is 13.5. The molecular formula is C12H22N4O2. The first-order valence-electron chi connectivity index (χ1n) is 6.67. The summed E-state index contributed by atoms with van der Waals surface area (Å²) in [6.45, 7) is 1.49. The molecule has 2 atom stereocenters. The van der Waals surface area contributed by atoms with E-state index in [1.165, 1.54) is 12.8 Å². The predicted molar refractivity (Wildman–Crippen MR) is 66.8 cm³/mol. The molecule has 0 aromatic carbocycles. The Bertz CT molecular complexity index is 356. The molecule has 0 spiro atoms. The Morgan fingerprint density at radius 2 is 2.17 bits per heavy atom. The fourth-order valence-corrected chi connectivity index (χ4v) is 2.56. The molecule has 1 aromatic rings. The van der Waals surface area contributed by atoms with E-state index in [1.807, 2.05) is 6.20 Å². The van der Waals surface area contributed by atoms with Gasteiger partial charge in [-0.2, -0.15) is 0 Å². The van der Waals surface area contributed by atoms with Crippen molar-refractivity contribution in [3.8, 4) is 0 Å². The van der Waals surface area contributed by atoms with Crippen LogP contribution >= 0.6 is 0 Å². The minimum atomic E-state index is 0.0748. The van der Waals surface area contributed by atoms with E-state index in [-0.39, 0.29) is 13.2 Å². The van der Waals surface area contributed by atoms with Crippen LogP contribution in [0, 0.1) is 5.92 Å². The lowest BCUT2D eigenvalue weighted by Crippen LogP contribution is -2.39. The normalized spacial score (nSPS) is 24.3. The third kappa shape index (κ3) is 3.51. The smallest absolute Gasteiger partial charge is 0.0964 e. The summed E-state index contributed by atoms with van der Waals surface area (Å²) < 4.78 is 1.64. The van der Waals surface area contributed by atoms with Crippen molar-refractivity contribution < 1.29 is 10.2 Å². The number of hydrogen-bond acceptors (Lipinski definition) is 5. The van der Waals surface area contributed by atoms with Gasteiger partial charge in [0.05, 0.1) is 18.8 Å². The van der Waals surface area contributed by atoms with Crippen LogP contribution in [0.2, 0.25) is 0 Å². The van der Waals surface area contributed by atoms with Gasteiger partial charge in [-0.1, -0.05) is 18.1 Å². The number of aromatic nitrogens is 3. The molecule has 1 aliphatic carbocycles. The standard InChI is InChI=1S/C12H22N4O2/c17-6-5-16-8-11(14-15-16)7-13-12-4-2-1-3-10(12)9-18/h8,10,12-13,17-18H,1-7,9H2. The summed E-state index contributed by atoms with van der Waals surface area (Å²) in [5.41, 5.74) is 0.880. The Hall–Kier alpha value is -0.980. The molecule has 2 rings (SSSR count). The lowest BCUT2D eigenvalue weighted by atomic mass is 9.85. The molecule has 1 saturated carbocycles. The van der Waals surface area contributed by atoms with Gasteiger partial charge >= 0.3 is 0 Å². The monoisotopic (exact) mass is 254 g/mol. The van der Waals surface area contributed by atoms with Gasteiger partial charge in [-0.3, -0.25) is 0 Å². The minimum absolute atomic E-state index is 0.0748. The van der Waals surface area contributed by atoms with Crippen LogP contribution in [0.1, 0.15) is 31.4 Å². The van der Waals surface area contributed by atoms with E-state index in [1.54, 1.807) is 4.68 Å². The molecule has 0 radical (unpaired) electrons. The predicted octanol–water partition coefficient (Wildman–Crippen LogP) is -0.0889. The topological polar surface area (TPSA) is 83.2 Å². The maximum atomic E-state index is 9.33. The van der Waals surface area contributed by atoms with Gasteiger partial charge in [0, 0.05) is 25.4 Å². The third-order valence-electron chi connectivity index (χ3n) is 3.60. The van der Waals surface area contributed by atoms with Gasteiger partial charge in [0.1, 0.15) is 0 Å². The molecule has 1 heterocycles. The van der Waals surface area contributed by atoms with Gasteiger partial charge in [0.2, 0.25) is 0 Å². The molecule has 6 nitrogen and oxygen atoms in total. The summed E-state index contributed by atoms with van der Waals surface area (Å²) in [5, 5.41) is 29.6. The Kier molecular flexibility index (Phi) is 5.10. The summed E-state index contributed by atoms with van der Waals surface area (Å²) in [5.74, 6) is 0.367. The second-order valence-electron chi connectivity index (χ2n) is 4.91. The van der Waals surface area contributed by atoms with E-state index >= 15 is 0 Å². The largest absolute Gasteiger partial charge is 0.396 e. The second-order valence-corrected chi connectivity index (χ2v) is 4.91. The molecular weight excluding hydrogens is 232 g/mol. The molecule has 0 saturated heterocycles. The zero-order valence-corrected chi connectivity index (χ0v) is 10.6. The summed E-state index contributed by atoms with van der Waals surface area (Å²) in [4.78, 5) is 0. The van der Waals surface area contributed by atoms with Crippen LogP contribution in [-0.4, -0.2) is 44.5 Å². The SMILES string of the molecule is OCCn1cc(CNC2CCCCC2CO)nn1. The van der Waals surface area contributed by atoms with Gasteiger partial charge < -0.3 is 15.5 Å². The summed E-state index contributed by atoms with van der Waals surface area (Å²) >= 11 is 0. The average molecular weight is 254 g/mol. The van der Waals surface area contributed by atoms with Crippen LogP contribution in [-0.2, 0) is 13.1 Å². The molecule has 0 aliphatic heterocycles. The van der Waals surface area contributed by atoms with E-state index in [0.717, 1.165) is 18.5 Å². The van der Waals surface area contributed by atoms with Crippen molar-refractivity contribution in [1.29, 1.82) is 0 Å². The van der Waals surface area contributed by atoms with Crippen molar-refractivity contribution in [2.24, 2.45) is 5.92 Å². The number of rotatable bonds is 6. The average Bonchev–Trinajstić information content (AvgIpc) is 2.85. The van der Waals surface area contributed by atoms with Crippen molar-refractivity contribution in [3.63, 3.8) is 0 Å². The van der Waals surface area contributed by atoms with Gasteiger partial charge in [-0.15, -0.1) is 5.10 Å². The number of aliphatic hydroxyl groups is 2. The van der Waals surface area contributed by atoms with Crippen molar-refractivity contribution in [1.82, 2.24) is 20.3 Å². The zero-order valence-electron chi connectivity index (χ0n) is 10.6. The molecule has 1 fully saturated rings. The van der Waals surface area contributed by atoms with Crippen LogP contribution in [0.25, 0.3) is 0 Å². The molecule has 2 unspecified atom stereocenters. The van der Waals surface area contributed by atoms with E-state index in [4.69, 9.17) is 5.11 Å². The van der Waals surface area contributed by atoms with Gasteiger partial charge in [-0.05, 0) is 18.8 Å². The zero-order chi connectivity index (χ0) is 12.8. The van der Waals surface area contributed by atoms with Crippen LogP contribution in [0.5, 0.6) is 0 Å². The highest BCUT2D eigenvalue weighted by atomic mass is 16.3. The first-order valence-corrected chi connectivity index (χ1v) is 6.67. The summed E-state index contributed by atoms with van der Waals surface area (Å²) in [6.07, 6.45) is 6.52. The summed E-state index contributed by atoms with van der Waals surface area (Å²) in [6, 6.07) is 0.381. The summed E-state index contributed by atoms with van der Waals surface area (Å²) in [7, 11) is 0. The molecule has 6 heteroatoms. The van der Waals surface area contributed by atoms with E-state index in [9.17, 15) is 5.11 Å². The van der Waals surface area contributed by atoms with Crippen LogP contribution < -0.4 is 5.32 Å². The Balaban J connectivity index is 1.81. The van der Waals surface area contributed by atoms with Gasteiger partial charge in [0.25, 0.3) is 0 Å². The quantitative estimate of drug-likeness (QED) is 0.661. The Morgan fingerprint density at radius 1 is 1.33 bits per heavy atom. The molecule has 18 heavy (non-hydrogen) atoms. The van der Waals surface area contributed by atoms with Crippen LogP contribution in [0.4, 0.5) is 0 Å². The van der Waals surface area contributed by atoms with Crippen LogP contribution in [0.3, 0.4) is 0 Å². The van der Waals surface area contributed by atoms with Crippen molar-refractivity contribution >= 4 is 0 Å². The maximum Gasteiger partial charge on any atom is 0.0964 e. The second kappa shape index (κ2) is 6.82. The molecule has 1 aliphatic rings. The van der Waals surface area contributed by atoms with Crippen molar-refractivity contribution in [2.45, 2.75) is 44.8 Å². The fraction of sp³-hybridized carbons (Fsp3) is 0.833. The number of nitrogens with one attached hydrogen (secondary N) is 1. The van der Waals surface area contributed by atoms with E-state index < -0.39 is 0 Å². The minimum Gasteiger partial charge on any atom is -0.396 e. The van der Waals surface area contributed by atoms with E-state index in [0.29, 0.717) is 25.0 Å². The number of nitrogens with zero attached hydrogens (tertiary/aromatic N) is 3. The highest BCUT2D eigenvalue weighted by molar-refractivity contribution is 4.93. The lowest BCUT2D eigenvalue weighted by Gasteiger charge is -2.30. The molecule has 102 valence electrons. The van der Waals surface area contributed by atoms with Crippen LogP contribution in [0.15, 0.2) is 6.20 Å². The Morgan fingerprint density at radius 3 is 2.94 bits per heavy atom. The highest BCUT2D eigenvalue weighted by Gasteiger charge is 2.23. The molecule has 0 bridgehead atoms. The first-order chi connectivity index (χ1) is 8.83. The number of aliphatic hydroxyl groups excluding tert-OH is 2. The third-order valence-corrected chi connectivity index (χ3v) is 3.60. The van der Waals surface area contributed by atoms with E-state index in [2.05, 4.69) is 15.6 Å². The molecule has 1 aromatic heterocycles. The number of hydrogen-bond donors (Lipinski definition) is 3. The van der Waals surface area contributed by atoms with Gasteiger partial charge in [-0.25, -0.2) is 4.68 Å².